The highest BCUT2D eigenvalue weighted by Gasteiger charge is 2.15. The van der Waals surface area contributed by atoms with Crippen molar-refractivity contribution < 1.29 is 9.18 Å². The zero-order valence-corrected chi connectivity index (χ0v) is 15.8. The van der Waals surface area contributed by atoms with E-state index >= 15 is 0 Å². The van der Waals surface area contributed by atoms with E-state index in [0.717, 1.165) is 16.5 Å². The number of aryl methyl sites for hydroxylation is 3. The minimum atomic E-state index is -0.423. The van der Waals surface area contributed by atoms with Crippen molar-refractivity contribution in [2.24, 2.45) is 7.05 Å². The molecule has 0 aliphatic rings. The number of carbonyl (C=O) groups excluding carboxylic acids is 1. The van der Waals surface area contributed by atoms with Crippen LogP contribution in [-0.4, -0.2) is 20.1 Å². The van der Waals surface area contributed by atoms with E-state index in [9.17, 15) is 14.0 Å². The van der Waals surface area contributed by atoms with E-state index in [1.807, 2.05) is 31.2 Å². The van der Waals surface area contributed by atoms with Crippen molar-refractivity contribution in [3.05, 3.63) is 76.0 Å². The van der Waals surface area contributed by atoms with Gasteiger partial charge in [-0.25, -0.2) is 4.39 Å². The van der Waals surface area contributed by atoms with Gasteiger partial charge in [0.2, 0.25) is 0 Å². The van der Waals surface area contributed by atoms with Crippen LogP contribution >= 0.6 is 0 Å². The van der Waals surface area contributed by atoms with Crippen LogP contribution in [0.15, 0.2) is 53.5 Å². The fraction of sp³-hybridized carbons (Fsp3) is 0.227. The molecule has 0 atom stereocenters. The van der Waals surface area contributed by atoms with Gasteiger partial charge >= 0.3 is 0 Å². The van der Waals surface area contributed by atoms with Gasteiger partial charge in [0.05, 0.1) is 22.6 Å². The van der Waals surface area contributed by atoms with Crippen LogP contribution in [-0.2, 0) is 24.8 Å². The Kier molecular flexibility index (Phi) is 4.55. The molecule has 0 spiro atoms. The predicted octanol–water partition coefficient (Wildman–Crippen LogP) is 3.54. The van der Waals surface area contributed by atoms with E-state index in [1.165, 1.54) is 22.9 Å². The average molecular weight is 377 g/mol. The van der Waals surface area contributed by atoms with Crippen molar-refractivity contribution in [2.45, 2.75) is 26.3 Å². The highest BCUT2D eigenvalue weighted by molar-refractivity contribution is 6.03. The number of rotatable bonds is 5. The number of hydrogen-bond donors (Lipinski definition) is 0. The summed E-state index contributed by atoms with van der Waals surface area (Å²) in [6, 6.07) is 12.2. The largest absolute Gasteiger partial charge is 0.307 e. The first-order valence-corrected chi connectivity index (χ1v) is 9.15. The predicted molar refractivity (Wildman–Crippen MR) is 107 cm³/mol. The Morgan fingerprint density at radius 3 is 2.61 bits per heavy atom. The second-order valence-corrected chi connectivity index (χ2v) is 7.10. The number of ketones is 1. The van der Waals surface area contributed by atoms with Gasteiger partial charge < -0.3 is 4.57 Å². The lowest BCUT2D eigenvalue weighted by molar-refractivity contribution is -0.118. The maximum atomic E-state index is 13.9. The van der Waals surface area contributed by atoms with Crippen LogP contribution < -0.4 is 5.56 Å². The fourth-order valence-electron chi connectivity index (χ4n) is 3.58. The van der Waals surface area contributed by atoms with Gasteiger partial charge in [0, 0.05) is 31.8 Å². The van der Waals surface area contributed by atoms with Crippen molar-refractivity contribution in [2.75, 3.05) is 0 Å². The van der Waals surface area contributed by atoms with Crippen molar-refractivity contribution in [3.63, 3.8) is 0 Å². The number of hydrogen-bond acceptors (Lipinski definition) is 3. The summed E-state index contributed by atoms with van der Waals surface area (Å²) in [6.07, 6.45) is 2.03. The van der Waals surface area contributed by atoms with Gasteiger partial charge in [0.25, 0.3) is 5.56 Å². The molecule has 6 heteroatoms. The van der Waals surface area contributed by atoms with Gasteiger partial charge in [-0.05, 0) is 30.7 Å². The molecule has 2 aromatic carbocycles. The molecule has 0 amide bonds. The Morgan fingerprint density at radius 1 is 1.11 bits per heavy atom. The number of nitrogens with zero attached hydrogens (tertiary/aromatic N) is 3. The molecular weight excluding hydrogens is 357 g/mol. The fourth-order valence-corrected chi connectivity index (χ4v) is 3.58. The molecule has 0 radical (unpaired) electrons. The number of benzene rings is 2. The van der Waals surface area contributed by atoms with Crippen LogP contribution in [0.2, 0.25) is 0 Å². The molecule has 0 aliphatic carbocycles. The summed E-state index contributed by atoms with van der Waals surface area (Å²) in [5, 5.41) is 5.37. The molecule has 0 N–H and O–H groups in total. The molecule has 5 nitrogen and oxygen atoms in total. The number of carbonyl (C=O) groups is 1. The summed E-state index contributed by atoms with van der Waals surface area (Å²) >= 11 is 0. The highest BCUT2D eigenvalue weighted by Crippen LogP contribution is 2.23. The Hall–Kier alpha value is -3.28. The van der Waals surface area contributed by atoms with E-state index in [1.54, 1.807) is 17.8 Å². The van der Waals surface area contributed by atoms with Crippen LogP contribution in [0.5, 0.6) is 0 Å². The summed E-state index contributed by atoms with van der Waals surface area (Å²) in [5.41, 5.74) is 2.97. The number of halogens is 1. The lowest BCUT2D eigenvalue weighted by atomic mass is 10.1. The quantitative estimate of drug-likeness (QED) is 0.535. The molecule has 4 rings (SSSR count). The highest BCUT2D eigenvalue weighted by atomic mass is 19.1. The first-order valence-electron chi connectivity index (χ1n) is 9.15. The molecule has 142 valence electrons. The maximum Gasteiger partial charge on any atom is 0.262 e. The third kappa shape index (κ3) is 3.22. The lowest BCUT2D eigenvalue weighted by Crippen LogP contribution is -2.22. The number of pyridine rings is 1. The molecule has 4 aromatic rings. The lowest BCUT2D eigenvalue weighted by Gasteiger charge is -2.12. The zero-order valence-electron chi connectivity index (χ0n) is 15.8. The Bertz CT molecular complexity index is 1250. The minimum Gasteiger partial charge on any atom is -0.307 e. The zero-order chi connectivity index (χ0) is 19.8. The van der Waals surface area contributed by atoms with Crippen LogP contribution in [0.4, 0.5) is 4.39 Å². The molecule has 0 bridgehead atoms. The molecule has 0 aliphatic heterocycles. The Balaban J connectivity index is 1.68. The van der Waals surface area contributed by atoms with Crippen molar-refractivity contribution in [3.8, 4) is 0 Å². The maximum absolute atomic E-state index is 13.9. The molecule has 2 heterocycles. The van der Waals surface area contributed by atoms with Gasteiger partial charge in [-0.1, -0.05) is 29.8 Å². The van der Waals surface area contributed by atoms with Crippen LogP contribution in [0.1, 0.15) is 17.5 Å². The van der Waals surface area contributed by atoms with Crippen LogP contribution in [0.25, 0.3) is 21.8 Å². The van der Waals surface area contributed by atoms with Crippen molar-refractivity contribution in [1.82, 2.24) is 14.3 Å². The summed E-state index contributed by atoms with van der Waals surface area (Å²) in [5.74, 6) is -0.389. The molecule has 2 aromatic heterocycles. The van der Waals surface area contributed by atoms with Gasteiger partial charge in [-0.3, -0.25) is 14.3 Å². The van der Waals surface area contributed by atoms with Gasteiger partial charge in [-0.2, -0.15) is 5.10 Å². The molecule has 0 saturated heterocycles. The van der Waals surface area contributed by atoms with Crippen LogP contribution in [0, 0.1) is 12.7 Å². The summed E-state index contributed by atoms with van der Waals surface area (Å²) in [4.78, 5) is 25.4. The Labute approximate surface area is 161 Å². The third-order valence-electron chi connectivity index (χ3n) is 5.06. The second kappa shape index (κ2) is 7.03. The number of fused-ring (bicyclic) bond motifs is 3. The average Bonchev–Trinajstić information content (AvgIpc) is 3.05. The number of Topliss-reactive ketones (excluding diaryl/α,β-unsaturated/α-hetero) is 1. The molecule has 0 fully saturated rings. The van der Waals surface area contributed by atoms with Gasteiger partial charge in [0.1, 0.15) is 11.6 Å². The van der Waals surface area contributed by atoms with E-state index in [0.29, 0.717) is 22.8 Å². The monoisotopic (exact) mass is 377 g/mol. The van der Waals surface area contributed by atoms with Gasteiger partial charge in [0.15, 0.2) is 0 Å². The first kappa shape index (κ1) is 18.1. The topological polar surface area (TPSA) is 56.9 Å². The van der Waals surface area contributed by atoms with E-state index < -0.39 is 5.82 Å². The van der Waals surface area contributed by atoms with E-state index in [2.05, 4.69) is 5.10 Å². The summed E-state index contributed by atoms with van der Waals surface area (Å²) in [6.45, 7) is 2.20. The normalized spacial score (nSPS) is 11.4. The Morgan fingerprint density at radius 2 is 1.86 bits per heavy atom. The minimum absolute atomic E-state index is 0.0339. The molecular formula is C22H20FN3O2. The molecule has 0 unspecified atom stereocenters. The molecule has 28 heavy (non-hydrogen) atoms. The van der Waals surface area contributed by atoms with Crippen molar-refractivity contribution >= 4 is 27.6 Å². The summed E-state index contributed by atoms with van der Waals surface area (Å²) < 4.78 is 17.0. The molecule has 0 saturated carbocycles. The van der Waals surface area contributed by atoms with Gasteiger partial charge in [-0.15, -0.1) is 0 Å². The smallest absolute Gasteiger partial charge is 0.262 e. The third-order valence-corrected chi connectivity index (χ3v) is 5.06. The first-order chi connectivity index (χ1) is 13.4. The summed E-state index contributed by atoms with van der Waals surface area (Å²) in [7, 11) is 1.75. The van der Waals surface area contributed by atoms with Crippen LogP contribution in [0.3, 0.4) is 0 Å². The van der Waals surface area contributed by atoms with Crippen molar-refractivity contribution in [1.29, 1.82) is 0 Å². The standard InChI is InChI=1S/C22H20FN3O2/c1-14-3-5-15(6-4-14)11-17(27)9-10-26-20-12-16(23)7-8-18(20)21-19(22(26)28)13-24-25(21)2/h3-8,12-13H,9-11H2,1-2H3. The van der Waals surface area contributed by atoms with E-state index in [-0.39, 0.29) is 24.3 Å². The second-order valence-electron chi connectivity index (χ2n) is 7.10. The number of aromatic nitrogens is 3. The SMILES string of the molecule is Cc1ccc(CC(=O)CCn2c(=O)c3cnn(C)c3c3ccc(F)cc32)cc1. The van der Waals surface area contributed by atoms with E-state index in [4.69, 9.17) is 0 Å².